The minimum Gasteiger partial charge on any atom is -0.469 e. The number of carbonyl (C=O) groups excluding carboxylic acids is 1. The van der Waals surface area contributed by atoms with Crippen LogP contribution in [0.15, 0.2) is 0 Å². The average Bonchev–Trinajstić information content (AvgIpc) is 3.41. The molecule has 0 unspecified atom stereocenters. The van der Waals surface area contributed by atoms with Gasteiger partial charge in [0.25, 0.3) is 0 Å². The first-order chi connectivity index (χ1) is 14.8. The molecule has 0 radical (unpaired) electrons. The third-order valence-corrected chi connectivity index (χ3v) is 11.6. The van der Waals surface area contributed by atoms with Crippen LogP contribution in [0.1, 0.15) is 47.0 Å². The van der Waals surface area contributed by atoms with Crippen molar-refractivity contribution in [3.8, 4) is 0 Å². The fourth-order valence-electron chi connectivity index (χ4n) is 7.57. The molecule has 5 aliphatic rings. The number of esters is 1. The fourth-order valence-corrected chi connectivity index (χ4v) is 10.5. The van der Waals surface area contributed by atoms with Gasteiger partial charge in [0.05, 0.1) is 19.0 Å². The summed E-state index contributed by atoms with van der Waals surface area (Å²) in [5, 5.41) is 9.71. The van der Waals surface area contributed by atoms with E-state index in [4.69, 9.17) is 23.7 Å². The van der Waals surface area contributed by atoms with E-state index in [0.717, 1.165) is 6.42 Å². The van der Waals surface area contributed by atoms with Crippen LogP contribution in [0.25, 0.3) is 0 Å². The highest BCUT2D eigenvalue weighted by atomic mass is 32.2. The van der Waals surface area contributed by atoms with Gasteiger partial charge in [-0.3, -0.25) is 4.79 Å². The van der Waals surface area contributed by atoms with Gasteiger partial charge < -0.3 is 28.8 Å². The van der Waals surface area contributed by atoms with Gasteiger partial charge in [0.1, 0.15) is 29.5 Å². The lowest BCUT2D eigenvalue weighted by molar-refractivity contribution is -0.275. The van der Waals surface area contributed by atoms with E-state index in [-0.39, 0.29) is 17.1 Å². The Kier molecular flexibility index (Phi) is 4.79. The molecule has 2 aliphatic carbocycles. The molecule has 10 heteroatoms. The largest absolute Gasteiger partial charge is 0.469 e. The number of sulfone groups is 1. The molecule has 0 amide bonds. The standard InChI is InChI=1S/C22H34O9S/c1-19(2)11-7-8-21(19,12(23)9-11)10-32(25,26)16-13(18(24)27-5)22(28-6)17-15(14(16)30-22)29-20(3,4)31-17/h11-17,23H,7-10H2,1-6H3/t11-,12-,13+,14+,15-,16+,17-,21-,22+/m1/s1. The minimum atomic E-state index is -3.95. The van der Waals surface area contributed by atoms with Crippen LogP contribution in [0.2, 0.25) is 0 Å². The lowest BCUT2D eigenvalue weighted by Crippen LogP contribution is -2.62. The van der Waals surface area contributed by atoms with Crippen molar-refractivity contribution < 1.29 is 42.0 Å². The Hall–Kier alpha value is -0.780. The van der Waals surface area contributed by atoms with Crippen molar-refractivity contribution >= 4 is 15.8 Å². The van der Waals surface area contributed by atoms with Gasteiger partial charge in [-0.2, -0.15) is 0 Å². The molecule has 3 saturated heterocycles. The van der Waals surface area contributed by atoms with Gasteiger partial charge in [-0.05, 0) is 44.4 Å². The summed E-state index contributed by atoms with van der Waals surface area (Å²) in [5.74, 6) is -4.47. The second kappa shape index (κ2) is 6.66. The van der Waals surface area contributed by atoms with E-state index in [1.54, 1.807) is 13.8 Å². The van der Waals surface area contributed by atoms with Crippen molar-refractivity contribution in [1.82, 2.24) is 0 Å². The molecule has 1 N–H and O–H groups in total. The molecular weight excluding hydrogens is 440 g/mol. The normalized spacial score (nSPS) is 50.0. The zero-order valence-electron chi connectivity index (χ0n) is 19.5. The molecule has 0 aromatic carbocycles. The zero-order chi connectivity index (χ0) is 23.5. The van der Waals surface area contributed by atoms with Crippen LogP contribution in [0, 0.1) is 22.7 Å². The van der Waals surface area contributed by atoms with Crippen molar-refractivity contribution in [1.29, 1.82) is 0 Å². The third-order valence-electron chi connectivity index (χ3n) is 9.29. The summed E-state index contributed by atoms with van der Waals surface area (Å²) in [6, 6.07) is 0. The van der Waals surface area contributed by atoms with Crippen molar-refractivity contribution in [2.24, 2.45) is 22.7 Å². The van der Waals surface area contributed by atoms with Crippen LogP contribution in [-0.4, -0.2) is 80.7 Å². The molecule has 3 aliphatic heterocycles. The van der Waals surface area contributed by atoms with Crippen LogP contribution in [0.5, 0.6) is 0 Å². The molecule has 32 heavy (non-hydrogen) atoms. The molecule has 0 aromatic heterocycles. The molecule has 182 valence electrons. The maximum atomic E-state index is 14.1. The predicted octanol–water partition coefficient (Wildman–Crippen LogP) is 1.02. The Morgan fingerprint density at radius 3 is 2.31 bits per heavy atom. The number of fused-ring (bicyclic) bond motifs is 7. The Morgan fingerprint density at radius 1 is 1.09 bits per heavy atom. The van der Waals surface area contributed by atoms with Crippen molar-refractivity contribution in [3.05, 3.63) is 0 Å². The van der Waals surface area contributed by atoms with Gasteiger partial charge in [-0.25, -0.2) is 8.42 Å². The van der Waals surface area contributed by atoms with Gasteiger partial charge >= 0.3 is 5.97 Å². The van der Waals surface area contributed by atoms with Gasteiger partial charge in [0, 0.05) is 12.5 Å². The van der Waals surface area contributed by atoms with E-state index in [9.17, 15) is 18.3 Å². The molecule has 3 heterocycles. The summed E-state index contributed by atoms with van der Waals surface area (Å²) in [5.41, 5.74) is -1.08. The van der Waals surface area contributed by atoms with Crippen LogP contribution in [0.4, 0.5) is 0 Å². The molecule has 4 bridgehead atoms. The monoisotopic (exact) mass is 474 g/mol. The molecule has 2 saturated carbocycles. The fraction of sp³-hybridized carbons (Fsp3) is 0.955. The molecular formula is C22H34O9S. The maximum absolute atomic E-state index is 14.1. The smallest absolute Gasteiger partial charge is 0.315 e. The Balaban J connectivity index is 1.57. The van der Waals surface area contributed by atoms with Crippen molar-refractivity contribution in [2.75, 3.05) is 20.0 Å². The number of hydrogen-bond acceptors (Lipinski definition) is 9. The zero-order valence-corrected chi connectivity index (χ0v) is 20.3. The van der Waals surface area contributed by atoms with Crippen LogP contribution >= 0.6 is 0 Å². The molecule has 5 fully saturated rings. The quantitative estimate of drug-likeness (QED) is 0.583. The number of methoxy groups -OCH3 is 2. The highest BCUT2D eigenvalue weighted by Crippen LogP contribution is 2.67. The first kappa shape index (κ1) is 23.0. The second-order valence-corrected chi connectivity index (χ2v) is 13.3. The van der Waals surface area contributed by atoms with Crippen molar-refractivity contribution in [3.63, 3.8) is 0 Å². The average molecular weight is 475 g/mol. The van der Waals surface area contributed by atoms with Gasteiger partial charge in [-0.1, -0.05) is 13.8 Å². The molecule has 0 aromatic rings. The SMILES string of the molecule is COC(=O)[C@@H]1[C@H](S(=O)(=O)C[C@]23CC[C@H](C[C@H]2O)C3(C)C)[C@H]2O[C@]1(OC)[C@@H]1OC(C)(C)O[C@H]21. The molecule has 0 spiro atoms. The van der Waals surface area contributed by atoms with Gasteiger partial charge in [0.15, 0.2) is 15.6 Å². The molecule has 5 rings (SSSR count). The Bertz CT molecular complexity index is 930. The first-order valence-electron chi connectivity index (χ1n) is 11.3. The van der Waals surface area contributed by atoms with E-state index in [0.29, 0.717) is 12.8 Å². The third kappa shape index (κ3) is 2.62. The molecule has 9 nitrogen and oxygen atoms in total. The number of aliphatic hydroxyl groups excluding tert-OH is 1. The van der Waals surface area contributed by atoms with Crippen LogP contribution in [0.3, 0.4) is 0 Å². The highest BCUT2D eigenvalue weighted by Gasteiger charge is 2.79. The summed E-state index contributed by atoms with van der Waals surface area (Å²) in [6.07, 6.45) is -0.956. The van der Waals surface area contributed by atoms with Crippen molar-refractivity contribution in [2.45, 2.75) is 88.2 Å². The van der Waals surface area contributed by atoms with Gasteiger partial charge in [0.2, 0.25) is 5.79 Å². The van der Waals surface area contributed by atoms with Crippen LogP contribution < -0.4 is 0 Å². The number of aliphatic hydroxyl groups is 1. The lowest BCUT2D eigenvalue weighted by Gasteiger charge is -2.43. The Labute approximate surface area is 189 Å². The van der Waals surface area contributed by atoms with E-state index < -0.39 is 68.4 Å². The minimum absolute atomic E-state index is 0.218. The van der Waals surface area contributed by atoms with Gasteiger partial charge in [-0.15, -0.1) is 0 Å². The summed E-state index contributed by atoms with van der Waals surface area (Å²) in [7, 11) is -1.35. The highest BCUT2D eigenvalue weighted by molar-refractivity contribution is 7.92. The van der Waals surface area contributed by atoms with E-state index in [2.05, 4.69) is 13.8 Å². The number of carbonyl (C=O) groups is 1. The summed E-state index contributed by atoms with van der Waals surface area (Å²) >= 11 is 0. The predicted molar refractivity (Wildman–Crippen MR) is 111 cm³/mol. The maximum Gasteiger partial charge on any atom is 0.315 e. The first-order valence-corrected chi connectivity index (χ1v) is 13.0. The van der Waals surface area contributed by atoms with E-state index >= 15 is 0 Å². The number of hydrogen-bond donors (Lipinski definition) is 1. The Morgan fingerprint density at radius 2 is 1.78 bits per heavy atom. The van der Waals surface area contributed by atoms with E-state index in [1.807, 2.05) is 0 Å². The second-order valence-electron chi connectivity index (χ2n) is 11.2. The number of ether oxygens (including phenoxy) is 5. The lowest BCUT2D eigenvalue weighted by atomic mass is 9.70. The van der Waals surface area contributed by atoms with E-state index in [1.165, 1.54) is 14.2 Å². The topological polar surface area (TPSA) is 118 Å². The summed E-state index contributed by atoms with van der Waals surface area (Å²) in [4.78, 5) is 13.0. The molecule has 9 atom stereocenters. The van der Waals surface area contributed by atoms with Crippen LogP contribution in [-0.2, 0) is 38.3 Å². The summed E-state index contributed by atoms with van der Waals surface area (Å²) in [6.45, 7) is 7.57. The number of rotatable bonds is 5. The summed E-state index contributed by atoms with van der Waals surface area (Å²) < 4.78 is 57.0.